The van der Waals surface area contributed by atoms with E-state index < -0.39 is 11.6 Å². The zero-order valence-corrected chi connectivity index (χ0v) is 12.9. The summed E-state index contributed by atoms with van der Waals surface area (Å²) < 4.78 is 14.9. The van der Waals surface area contributed by atoms with Gasteiger partial charge in [0.15, 0.2) is 0 Å². The van der Waals surface area contributed by atoms with E-state index in [0.717, 1.165) is 32.5 Å². The summed E-state index contributed by atoms with van der Waals surface area (Å²) in [6, 6.07) is 6.34. The van der Waals surface area contributed by atoms with Gasteiger partial charge in [-0.15, -0.1) is 0 Å². The van der Waals surface area contributed by atoms with Crippen LogP contribution in [0, 0.1) is 0 Å². The molecule has 0 unspecified atom stereocenters. The van der Waals surface area contributed by atoms with E-state index in [9.17, 15) is 9.18 Å². The van der Waals surface area contributed by atoms with E-state index in [0.29, 0.717) is 10.6 Å². The van der Waals surface area contributed by atoms with Crippen LogP contribution in [0.2, 0.25) is 5.02 Å². The van der Waals surface area contributed by atoms with Gasteiger partial charge in [0.05, 0.1) is 5.54 Å². The summed E-state index contributed by atoms with van der Waals surface area (Å²) in [7, 11) is 0. The van der Waals surface area contributed by atoms with E-state index >= 15 is 0 Å². The summed E-state index contributed by atoms with van der Waals surface area (Å²) in [5, 5.41) is 3.46. The topological polar surface area (TPSA) is 32.3 Å². The minimum Gasteiger partial charge on any atom is -0.346 e. The van der Waals surface area contributed by atoms with Crippen molar-refractivity contribution >= 4 is 17.5 Å². The van der Waals surface area contributed by atoms with Crippen molar-refractivity contribution in [2.75, 3.05) is 19.6 Å². The van der Waals surface area contributed by atoms with E-state index in [1.807, 2.05) is 0 Å². The van der Waals surface area contributed by atoms with Crippen molar-refractivity contribution in [3.63, 3.8) is 0 Å². The molecular formula is C16H20ClFN2O. The van der Waals surface area contributed by atoms with E-state index in [1.165, 1.54) is 13.3 Å². The fourth-order valence-electron chi connectivity index (χ4n) is 2.69. The molecule has 0 radical (unpaired) electrons. The van der Waals surface area contributed by atoms with Crippen molar-refractivity contribution < 1.29 is 9.18 Å². The zero-order valence-electron chi connectivity index (χ0n) is 12.2. The molecule has 1 heterocycles. The summed E-state index contributed by atoms with van der Waals surface area (Å²) in [6.07, 6.45) is 3.09. The Hall–Kier alpha value is -1.13. The van der Waals surface area contributed by atoms with Crippen LogP contribution >= 0.6 is 11.6 Å². The van der Waals surface area contributed by atoms with Crippen LogP contribution in [0.25, 0.3) is 0 Å². The van der Waals surface area contributed by atoms with Gasteiger partial charge in [0.2, 0.25) is 5.67 Å². The number of likely N-dealkylation sites (tertiary alicyclic amines) is 1. The van der Waals surface area contributed by atoms with Crippen LogP contribution in [0.5, 0.6) is 0 Å². The van der Waals surface area contributed by atoms with Crippen molar-refractivity contribution in [2.24, 2.45) is 0 Å². The van der Waals surface area contributed by atoms with Crippen LogP contribution in [0.1, 0.15) is 31.7 Å². The Morgan fingerprint density at radius 1 is 1.38 bits per heavy atom. The number of rotatable bonds is 5. The molecule has 21 heavy (non-hydrogen) atoms. The van der Waals surface area contributed by atoms with Crippen LogP contribution < -0.4 is 5.32 Å². The number of halogens is 2. The predicted octanol–water partition coefficient (Wildman–Crippen LogP) is 2.88. The first-order valence-corrected chi connectivity index (χ1v) is 7.79. The first-order valence-electron chi connectivity index (χ1n) is 7.41. The standard InChI is InChI=1S/C16H20ClFN2O/c1-15(18,12-3-5-13(17)6-4-12)14(21)19-16(7-8-16)11-20-9-2-10-20/h3-6H,2,7-11H2,1H3,(H,19,21)/t15-/m1/s1. The van der Waals surface area contributed by atoms with Gasteiger partial charge in [0.1, 0.15) is 0 Å². The molecule has 2 aliphatic rings. The highest BCUT2D eigenvalue weighted by Gasteiger charge is 2.49. The summed E-state index contributed by atoms with van der Waals surface area (Å²) >= 11 is 5.81. The van der Waals surface area contributed by atoms with Gasteiger partial charge in [0.25, 0.3) is 5.91 Å². The molecule has 1 atom stereocenters. The molecule has 2 fully saturated rings. The maximum Gasteiger partial charge on any atom is 0.262 e. The van der Waals surface area contributed by atoms with Crippen molar-refractivity contribution in [3.05, 3.63) is 34.9 Å². The second-order valence-electron chi connectivity index (χ2n) is 6.37. The Morgan fingerprint density at radius 2 is 2.00 bits per heavy atom. The molecule has 0 spiro atoms. The Kier molecular flexibility index (Phi) is 3.70. The highest BCUT2D eigenvalue weighted by Crippen LogP contribution is 2.39. The molecule has 1 N–H and O–H groups in total. The van der Waals surface area contributed by atoms with Gasteiger partial charge >= 0.3 is 0 Å². The lowest BCUT2D eigenvalue weighted by Gasteiger charge is -2.35. The third-order valence-corrected chi connectivity index (χ3v) is 4.77. The predicted molar refractivity (Wildman–Crippen MR) is 81.1 cm³/mol. The molecule has 0 bridgehead atoms. The number of carbonyl (C=O) groups is 1. The average Bonchev–Trinajstić information content (AvgIpc) is 3.15. The van der Waals surface area contributed by atoms with Crippen molar-refractivity contribution in [2.45, 2.75) is 37.4 Å². The quantitative estimate of drug-likeness (QED) is 0.907. The lowest BCUT2D eigenvalue weighted by Crippen LogP contribution is -2.53. The number of hydrogen-bond donors (Lipinski definition) is 1. The number of amides is 1. The fourth-order valence-corrected chi connectivity index (χ4v) is 2.82. The van der Waals surface area contributed by atoms with Crippen molar-refractivity contribution in [3.8, 4) is 0 Å². The van der Waals surface area contributed by atoms with Crippen molar-refractivity contribution in [1.82, 2.24) is 10.2 Å². The van der Waals surface area contributed by atoms with E-state index in [4.69, 9.17) is 11.6 Å². The van der Waals surface area contributed by atoms with E-state index in [1.54, 1.807) is 24.3 Å². The Morgan fingerprint density at radius 3 is 2.48 bits per heavy atom. The lowest BCUT2D eigenvalue weighted by molar-refractivity contribution is -0.133. The number of carbonyl (C=O) groups excluding carboxylic acids is 1. The summed E-state index contributed by atoms with van der Waals surface area (Å²) in [5.41, 5.74) is -1.91. The fraction of sp³-hybridized carbons (Fsp3) is 0.562. The van der Waals surface area contributed by atoms with Crippen LogP contribution in [0.15, 0.2) is 24.3 Å². The van der Waals surface area contributed by atoms with Crippen LogP contribution in [-0.2, 0) is 10.5 Å². The molecule has 1 saturated heterocycles. The molecule has 1 aromatic rings. The largest absolute Gasteiger partial charge is 0.346 e. The molecule has 0 aromatic heterocycles. The molecular weight excluding hydrogens is 291 g/mol. The highest BCUT2D eigenvalue weighted by atomic mass is 35.5. The van der Waals surface area contributed by atoms with Gasteiger partial charge in [-0.05, 0) is 57.0 Å². The van der Waals surface area contributed by atoms with E-state index in [-0.39, 0.29) is 5.54 Å². The highest BCUT2D eigenvalue weighted by molar-refractivity contribution is 6.30. The Balaban J connectivity index is 1.67. The maximum absolute atomic E-state index is 14.9. The molecule has 5 heteroatoms. The third-order valence-electron chi connectivity index (χ3n) is 4.52. The monoisotopic (exact) mass is 310 g/mol. The molecule has 1 aromatic carbocycles. The van der Waals surface area contributed by atoms with Gasteiger partial charge in [0, 0.05) is 11.6 Å². The number of hydrogen-bond acceptors (Lipinski definition) is 2. The second-order valence-corrected chi connectivity index (χ2v) is 6.81. The molecule has 114 valence electrons. The molecule has 1 aliphatic heterocycles. The van der Waals surface area contributed by atoms with Crippen LogP contribution in [-0.4, -0.2) is 36.0 Å². The normalized spacial score (nSPS) is 23.0. The smallest absolute Gasteiger partial charge is 0.262 e. The Labute approximate surface area is 129 Å². The summed E-state index contributed by atoms with van der Waals surface area (Å²) in [4.78, 5) is 14.7. The average molecular weight is 311 g/mol. The summed E-state index contributed by atoms with van der Waals surface area (Å²) in [6.45, 7) is 4.32. The van der Waals surface area contributed by atoms with Crippen LogP contribution in [0.3, 0.4) is 0 Å². The molecule has 3 nitrogen and oxygen atoms in total. The van der Waals surface area contributed by atoms with Gasteiger partial charge in [-0.25, -0.2) is 4.39 Å². The van der Waals surface area contributed by atoms with Crippen molar-refractivity contribution in [1.29, 1.82) is 0 Å². The van der Waals surface area contributed by atoms with Crippen LogP contribution in [0.4, 0.5) is 4.39 Å². The minimum absolute atomic E-state index is 0.211. The van der Waals surface area contributed by atoms with Gasteiger partial charge < -0.3 is 10.2 Å². The molecule has 1 aliphatic carbocycles. The number of nitrogens with zero attached hydrogens (tertiary/aromatic N) is 1. The SMILES string of the molecule is C[C@](F)(C(=O)NC1(CN2CCC2)CC1)c1ccc(Cl)cc1. The van der Waals surface area contributed by atoms with Gasteiger partial charge in [-0.3, -0.25) is 4.79 Å². The van der Waals surface area contributed by atoms with Gasteiger partial charge in [-0.2, -0.15) is 0 Å². The third kappa shape index (κ3) is 3.06. The number of benzene rings is 1. The zero-order chi connectivity index (χ0) is 15.1. The second kappa shape index (κ2) is 5.25. The summed E-state index contributed by atoms with van der Waals surface area (Å²) in [5.74, 6) is -0.553. The molecule has 3 rings (SSSR count). The Bertz CT molecular complexity index is 536. The maximum atomic E-state index is 14.9. The number of alkyl halides is 1. The first-order chi connectivity index (χ1) is 9.91. The first kappa shape index (κ1) is 14.8. The minimum atomic E-state index is -2.03. The molecule has 1 saturated carbocycles. The van der Waals surface area contributed by atoms with E-state index in [2.05, 4.69) is 10.2 Å². The lowest BCUT2D eigenvalue weighted by atomic mass is 9.96. The molecule has 1 amide bonds. The number of nitrogens with one attached hydrogen (secondary N) is 1. The van der Waals surface area contributed by atoms with Gasteiger partial charge in [-0.1, -0.05) is 23.7 Å².